The molecule has 0 saturated heterocycles. The van der Waals surface area contributed by atoms with Gasteiger partial charge in [-0.3, -0.25) is 14.4 Å². The summed E-state index contributed by atoms with van der Waals surface area (Å²) < 4.78 is 28.2. The molecule has 2 heterocycles. The van der Waals surface area contributed by atoms with Crippen molar-refractivity contribution in [3.05, 3.63) is 70.2 Å². The summed E-state index contributed by atoms with van der Waals surface area (Å²) in [5.74, 6) is -1.83. The first-order valence-corrected chi connectivity index (χ1v) is 15.2. The summed E-state index contributed by atoms with van der Waals surface area (Å²) in [4.78, 5) is 71.0. The molecule has 1 atom stereocenters. The van der Waals surface area contributed by atoms with Gasteiger partial charge in [-0.15, -0.1) is 0 Å². The van der Waals surface area contributed by atoms with E-state index in [1.807, 2.05) is 6.92 Å². The zero-order valence-electron chi connectivity index (χ0n) is 28.1. The van der Waals surface area contributed by atoms with Crippen LogP contribution in [0.3, 0.4) is 0 Å². The lowest BCUT2D eigenvalue weighted by Gasteiger charge is -2.22. The van der Waals surface area contributed by atoms with Crippen LogP contribution in [0.1, 0.15) is 58.2 Å². The lowest BCUT2D eigenvalue weighted by atomic mass is 10.1. The summed E-state index contributed by atoms with van der Waals surface area (Å²) >= 11 is 0. The third-order valence-corrected chi connectivity index (χ3v) is 6.80. The van der Waals surface area contributed by atoms with Gasteiger partial charge < -0.3 is 29.2 Å². The Morgan fingerprint density at radius 2 is 1.79 bits per heavy atom. The van der Waals surface area contributed by atoms with E-state index in [0.29, 0.717) is 35.0 Å². The number of allylic oxidation sites excluding steroid dienone is 1. The van der Waals surface area contributed by atoms with Crippen LogP contribution in [-0.4, -0.2) is 87.8 Å². The number of aryl methyl sites for hydroxylation is 1. The van der Waals surface area contributed by atoms with E-state index in [9.17, 15) is 28.4 Å². The highest BCUT2D eigenvalue weighted by Crippen LogP contribution is 2.28. The van der Waals surface area contributed by atoms with Crippen molar-refractivity contribution in [3.8, 4) is 0 Å². The number of nitrogens with one attached hydrogen (secondary N) is 1. The van der Waals surface area contributed by atoms with Gasteiger partial charge in [0.25, 0.3) is 11.5 Å². The zero-order chi connectivity index (χ0) is 35.1. The smallest absolute Gasteiger partial charge is 0.419 e. The van der Waals surface area contributed by atoms with Crippen LogP contribution < -0.4 is 10.9 Å². The number of nitrogens with zero attached hydrogens (tertiary/aromatic N) is 5. The van der Waals surface area contributed by atoms with Crippen molar-refractivity contribution in [1.29, 1.82) is 0 Å². The lowest BCUT2D eigenvalue weighted by Crippen LogP contribution is -2.38. The maximum Gasteiger partial charge on any atom is 0.419 e. The van der Waals surface area contributed by atoms with Crippen LogP contribution in [0.5, 0.6) is 0 Å². The molecule has 1 N–H and O–H groups in total. The summed E-state index contributed by atoms with van der Waals surface area (Å²) in [5.41, 5.74) is -0.0741. The highest BCUT2D eigenvalue weighted by molar-refractivity contribution is 5.95. The Morgan fingerprint density at radius 1 is 1.09 bits per heavy atom. The first-order valence-electron chi connectivity index (χ1n) is 15.2. The Labute approximate surface area is 272 Å². The molecule has 0 radical (unpaired) electrons. The minimum absolute atomic E-state index is 0.0241. The van der Waals surface area contributed by atoms with Crippen LogP contribution in [0, 0.1) is 5.82 Å². The number of benzene rings is 1. The summed E-state index contributed by atoms with van der Waals surface area (Å²) in [5, 5.41) is 2.92. The molecule has 0 unspecified atom stereocenters. The van der Waals surface area contributed by atoms with Gasteiger partial charge in [-0.1, -0.05) is 19.4 Å². The van der Waals surface area contributed by atoms with E-state index < -0.39 is 41.2 Å². The number of likely N-dealkylation sites (N-methyl/N-ethyl adjacent to an activating group) is 1. The van der Waals surface area contributed by atoms with Crippen molar-refractivity contribution >= 4 is 40.7 Å². The average Bonchev–Trinajstić information content (AvgIpc) is 3.33. The first kappa shape index (κ1) is 36.5. The third-order valence-electron chi connectivity index (χ3n) is 6.80. The summed E-state index contributed by atoms with van der Waals surface area (Å²) in [6.07, 6.45) is 4.28. The van der Waals surface area contributed by atoms with E-state index in [0.717, 1.165) is 4.90 Å². The number of carbonyl (C=O) groups excluding carboxylic acids is 4. The largest absolute Gasteiger partial charge is 0.443 e. The van der Waals surface area contributed by atoms with E-state index in [-0.39, 0.29) is 31.1 Å². The van der Waals surface area contributed by atoms with Gasteiger partial charge in [-0.05, 0) is 69.9 Å². The molecule has 0 fully saturated rings. The Balaban J connectivity index is 1.96. The Morgan fingerprint density at radius 3 is 2.40 bits per heavy atom. The van der Waals surface area contributed by atoms with Crippen molar-refractivity contribution in [2.24, 2.45) is 0 Å². The minimum atomic E-state index is -1.31. The number of rotatable bonds is 11. The van der Waals surface area contributed by atoms with Crippen LogP contribution in [0.15, 0.2) is 47.5 Å². The van der Waals surface area contributed by atoms with Gasteiger partial charge in [0.2, 0.25) is 5.91 Å². The molecule has 13 nitrogen and oxygen atoms in total. The second-order valence-electron chi connectivity index (χ2n) is 12.4. The Kier molecular flexibility index (Phi) is 12.0. The number of carbonyl (C=O) groups is 4. The highest BCUT2D eigenvalue weighted by atomic mass is 19.1. The van der Waals surface area contributed by atoms with E-state index in [2.05, 4.69) is 10.3 Å². The number of fused-ring (bicyclic) bond motifs is 1. The second-order valence-corrected chi connectivity index (χ2v) is 12.4. The molecular formula is C33H43FN6O7. The fourth-order valence-corrected chi connectivity index (χ4v) is 4.62. The van der Waals surface area contributed by atoms with Gasteiger partial charge in [-0.2, -0.15) is 0 Å². The molecule has 0 aliphatic rings. The Bertz CT molecular complexity index is 1720. The standard InChI is InChI=1S/C33H43FN6O7/c1-9-12-21-17-23(34)18-22-19-24(40(27(21)22)32(45)47-33(2,3)4)20-39-16-15-35-28(30(39)43)36-29(42)25(46-31(44)38(7)8)13-10-11-14-26(41)37(5)6/h11,14-19,25H,9-10,12-13,20H2,1-8H3,(H,35,36,42)/b14-11+/t25-/m0/s1. The summed E-state index contributed by atoms with van der Waals surface area (Å²) in [6, 6.07) is 4.33. The lowest BCUT2D eigenvalue weighted by molar-refractivity contribution is -0.125. The average molecular weight is 655 g/mol. The van der Waals surface area contributed by atoms with Gasteiger partial charge in [0.05, 0.1) is 17.8 Å². The molecule has 254 valence electrons. The van der Waals surface area contributed by atoms with Crippen LogP contribution in [0.2, 0.25) is 0 Å². The van der Waals surface area contributed by atoms with Crippen LogP contribution in [0.4, 0.5) is 19.8 Å². The number of amides is 3. The van der Waals surface area contributed by atoms with Gasteiger partial charge in [0.1, 0.15) is 11.4 Å². The van der Waals surface area contributed by atoms with Gasteiger partial charge in [-0.25, -0.2) is 23.5 Å². The van der Waals surface area contributed by atoms with Crippen LogP contribution in [-0.2, 0) is 32.0 Å². The first-order chi connectivity index (χ1) is 22.0. The van der Waals surface area contributed by atoms with E-state index in [1.165, 1.54) is 58.7 Å². The minimum Gasteiger partial charge on any atom is -0.443 e. The number of halogens is 1. The molecule has 0 bridgehead atoms. The molecular weight excluding hydrogens is 611 g/mol. The van der Waals surface area contributed by atoms with Crippen molar-refractivity contribution in [3.63, 3.8) is 0 Å². The molecule has 0 saturated carbocycles. The van der Waals surface area contributed by atoms with Gasteiger partial charge in [0.15, 0.2) is 11.9 Å². The monoisotopic (exact) mass is 654 g/mol. The molecule has 3 rings (SSSR count). The maximum absolute atomic E-state index is 14.6. The molecule has 14 heteroatoms. The SMILES string of the molecule is CCCc1cc(F)cc2cc(Cn3ccnc(NC(=O)[C@H](CC/C=C/C(=O)N(C)C)OC(=O)N(C)C)c3=O)n(C(=O)OC(C)(C)C)c12. The number of aromatic nitrogens is 3. The quantitative estimate of drug-likeness (QED) is 0.297. The molecule has 0 aliphatic heterocycles. The van der Waals surface area contributed by atoms with Gasteiger partial charge in [0, 0.05) is 46.0 Å². The maximum atomic E-state index is 14.6. The number of hydrogen-bond acceptors (Lipinski definition) is 8. The second kappa shape index (κ2) is 15.5. The summed E-state index contributed by atoms with van der Waals surface area (Å²) in [7, 11) is 6.12. The molecule has 47 heavy (non-hydrogen) atoms. The molecule has 3 aromatic rings. The van der Waals surface area contributed by atoms with Crippen molar-refractivity contribution in [1.82, 2.24) is 23.9 Å². The number of hydrogen-bond donors (Lipinski definition) is 1. The normalized spacial score (nSPS) is 12.2. The predicted octanol–water partition coefficient (Wildman–Crippen LogP) is 4.55. The third kappa shape index (κ3) is 9.74. The molecule has 2 aromatic heterocycles. The molecule has 1 aromatic carbocycles. The van der Waals surface area contributed by atoms with Crippen molar-refractivity contribution in [2.45, 2.75) is 71.6 Å². The zero-order valence-corrected chi connectivity index (χ0v) is 28.1. The van der Waals surface area contributed by atoms with Gasteiger partial charge >= 0.3 is 12.2 Å². The van der Waals surface area contributed by atoms with Crippen molar-refractivity contribution < 1.29 is 33.0 Å². The van der Waals surface area contributed by atoms with E-state index >= 15 is 0 Å². The van der Waals surface area contributed by atoms with Crippen molar-refractivity contribution in [2.75, 3.05) is 33.5 Å². The highest BCUT2D eigenvalue weighted by Gasteiger charge is 2.27. The molecule has 3 amide bonds. The number of anilines is 1. The van der Waals surface area contributed by atoms with E-state index in [4.69, 9.17) is 9.47 Å². The summed E-state index contributed by atoms with van der Waals surface area (Å²) in [6.45, 7) is 6.99. The molecule has 0 aliphatic carbocycles. The Hall–Kier alpha value is -5.01. The van der Waals surface area contributed by atoms with E-state index in [1.54, 1.807) is 47.0 Å². The topological polar surface area (TPSA) is 145 Å². The fourth-order valence-electron chi connectivity index (χ4n) is 4.62. The number of ether oxygens (including phenoxy) is 2. The van der Waals surface area contributed by atoms with Crippen LogP contribution >= 0.6 is 0 Å². The fraction of sp³-hybridized carbons (Fsp3) is 0.455. The predicted molar refractivity (Wildman–Crippen MR) is 175 cm³/mol. The molecule has 0 spiro atoms. The van der Waals surface area contributed by atoms with Crippen LogP contribution in [0.25, 0.3) is 10.9 Å².